The number of fused-ring (bicyclic) bond motifs is 3. The third-order valence-corrected chi connectivity index (χ3v) is 5.81. The Bertz CT molecular complexity index is 1020. The first-order valence-electron chi connectivity index (χ1n) is 10.5. The molecule has 0 unspecified atom stereocenters. The van der Waals surface area contributed by atoms with E-state index in [1.54, 1.807) is 6.07 Å². The van der Waals surface area contributed by atoms with E-state index in [1.807, 2.05) is 0 Å². The molecule has 0 aromatic heterocycles. The lowest BCUT2D eigenvalue weighted by Gasteiger charge is -2.22. The first-order chi connectivity index (χ1) is 14.0. The van der Waals surface area contributed by atoms with E-state index in [9.17, 15) is 13.2 Å². The third-order valence-electron chi connectivity index (χ3n) is 5.81. The van der Waals surface area contributed by atoms with Crippen LogP contribution in [-0.2, 0) is 19.3 Å². The molecule has 0 nitrogen and oxygen atoms in total. The van der Waals surface area contributed by atoms with Crippen molar-refractivity contribution in [1.82, 2.24) is 0 Å². The molecule has 0 saturated carbocycles. The molecule has 3 aromatic carbocycles. The van der Waals surface area contributed by atoms with Gasteiger partial charge < -0.3 is 0 Å². The average Bonchev–Trinajstić information content (AvgIpc) is 2.70. The van der Waals surface area contributed by atoms with Crippen LogP contribution in [-0.4, -0.2) is 0 Å². The van der Waals surface area contributed by atoms with Crippen LogP contribution >= 0.6 is 0 Å². The Kier molecular flexibility index (Phi) is 5.75. The highest BCUT2D eigenvalue weighted by molar-refractivity contribution is 5.78. The van der Waals surface area contributed by atoms with Crippen LogP contribution in [0.2, 0.25) is 0 Å². The van der Waals surface area contributed by atoms with Crippen LogP contribution in [0.15, 0.2) is 48.5 Å². The summed E-state index contributed by atoms with van der Waals surface area (Å²) in [7, 11) is 0. The highest BCUT2D eigenvalue weighted by atomic mass is 19.1. The zero-order valence-corrected chi connectivity index (χ0v) is 16.7. The maximum absolute atomic E-state index is 14.9. The second-order valence-electron chi connectivity index (χ2n) is 7.95. The lowest BCUT2D eigenvalue weighted by Crippen LogP contribution is -2.06. The van der Waals surface area contributed by atoms with Crippen molar-refractivity contribution in [1.29, 1.82) is 0 Å². The third kappa shape index (κ3) is 4.24. The highest BCUT2D eigenvalue weighted by Gasteiger charge is 2.20. The molecular weight excluding hydrogens is 369 g/mol. The number of halogens is 3. The first-order valence-corrected chi connectivity index (χ1v) is 10.5. The zero-order chi connectivity index (χ0) is 20.4. The van der Waals surface area contributed by atoms with Gasteiger partial charge in [0.25, 0.3) is 0 Å². The van der Waals surface area contributed by atoms with Gasteiger partial charge in [0, 0.05) is 11.6 Å². The van der Waals surface area contributed by atoms with Crippen LogP contribution in [0.25, 0.3) is 22.3 Å². The summed E-state index contributed by atoms with van der Waals surface area (Å²) >= 11 is 0. The largest absolute Gasteiger partial charge is 0.207 e. The summed E-state index contributed by atoms with van der Waals surface area (Å²) < 4.78 is 42.1. The summed E-state index contributed by atoms with van der Waals surface area (Å²) in [6.45, 7) is 2.21. The fourth-order valence-corrected chi connectivity index (χ4v) is 4.30. The molecule has 1 aliphatic carbocycles. The lowest BCUT2D eigenvalue weighted by molar-refractivity contribution is 0.583. The fraction of sp³-hybridized carbons (Fsp3) is 0.308. The zero-order valence-electron chi connectivity index (χ0n) is 16.7. The Morgan fingerprint density at radius 3 is 2.14 bits per heavy atom. The minimum Gasteiger partial charge on any atom is -0.207 e. The molecule has 4 rings (SSSR count). The topological polar surface area (TPSA) is 0 Å². The van der Waals surface area contributed by atoms with Gasteiger partial charge in [0.15, 0.2) is 0 Å². The standard InChI is InChI=1S/C26H25F3/c1-2-3-4-5-6-17-7-10-23-18(11-17)8-9-19-14-25(26(29)16-24(19)23)20-12-21(27)15-22(28)13-20/h7,10-16H,2-6,8-9H2,1H3. The van der Waals surface area contributed by atoms with Crippen molar-refractivity contribution in [2.24, 2.45) is 0 Å². The summed E-state index contributed by atoms with van der Waals surface area (Å²) in [5, 5.41) is 0. The quantitative estimate of drug-likeness (QED) is 0.377. The van der Waals surface area contributed by atoms with E-state index >= 15 is 0 Å². The van der Waals surface area contributed by atoms with Crippen LogP contribution in [0.5, 0.6) is 0 Å². The number of rotatable bonds is 6. The van der Waals surface area contributed by atoms with Crippen molar-refractivity contribution >= 4 is 0 Å². The Hall–Kier alpha value is -2.55. The number of hydrogen-bond donors (Lipinski definition) is 0. The minimum absolute atomic E-state index is 0.232. The van der Waals surface area contributed by atoms with Crippen molar-refractivity contribution in [3.05, 3.63) is 82.7 Å². The normalized spacial score (nSPS) is 12.6. The van der Waals surface area contributed by atoms with Gasteiger partial charge in [-0.2, -0.15) is 0 Å². The van der Waals surface area contributed by atoms with E-state index < -0.39 is 17.5 Å². The number of benzene rings is 3. The van der Waals surface area contributed by atoms with Crippen molar-refractivity contribution in [2.45, 2.75) is 51.9 Å². The monoisotopic (exact) mass is 394 g/mol. The summed E-state index contributed by atoms with van der Waals surface area (Å²) in [5.41, 5.74) is 6.06. The molecular formula is C26H25F3. The van der Waals surface area contributed by atoms with Crippen LogP contribution in [0.4, 0.5) is 13.2 Å². The highest BCUT2D eigenvalue weighted by Crippen LogP contribution is 2.38. The van der Waals surface area contributed by atoms with Crippen LogP contribution < -0.4 is 0 Å². The molecule has 0 amide bonds. The fourth-order valence-electron chi connectivity index (χ4n) is 4.30. The van der Waals surface area contributed by atoms with Crippen LogP contribution in [0.1, 0.15) is 49.3 Å². The molecule has 0 bridgehead atoms. The van der Waals surface area contributed by atoms with E-state index in [0.29, 0.717) is 0 Å². The van der Waals surface area contributed by atoms with Gasteiger partial charge in [-0.1, -0.05) is 44.4 Å². The molecule has 0 spiro atoms. The van der Waals surface area contributed by atoms with E-state index in [1.165, 1.54) is 55.0 Å². The SMILES string of the molecule is CCCCCCc1ccc2c(c1)CCc1cc(-c3cc(F)cc(F)c3)c(F)cc1-2. The van der Waals surface area contributed by atoms with Gasteiger partial charge in [-0.3, -0.25) is 0 Å². The van der Waals surface area contributed by atoms with Gasteiger partial charge in [0.1, 0.15) is 17.5 Å². The lowest BCUT2D eigenvalue weighted by atomic mass is 9.83. The summed E-state index contributed by atoms with van der Waals surface area (Å²) in [6, 6.07) is 12.9. The second kappa shape index (κ2) is 8.44. The molecule has 3 heteroatoms. The van der Waals surface area contributed by atoms with E-state index in [0.717, 1.165) is 42.0 Å². The molecule has 1 aliphatic rings. The molecule has 0 aliphatic heterocycles. The number of unbranched alkanes of at least 4 members (excludes halogenated alkanes) is 3. The summed E-state index contributed by atoms with van der Waals surface area (Å²) in [6.07, 6.45) is 7.74. The van der Waals surface area contributed by atoms with Gasteiger partial charge in [-0.05, 0) is 83.3 Å². The van der Waals surface area contributed by atoms with Gasteiger partial charge >= 0.3 is 0 Å². The number of aryl methyl sites for hydroxylation is 3. The van der Waals surface area contributed by atoms with Gasteiger partial charge in [0.05, 0.1) is 0 Å². The predicted molar refractivity (Wildman–Crippen MR) is 112 cm³/mol. The average molecular weight is 394 g/mol. The Balaban J connectivity index is 1.65. The van der Waals surface area contributed by atoms with Gasteiger partial charge in [-0.15, -0.1) is 0 Å². The molecule has 29 heavy (non-hydrogen) atoms. The predicted octanol–water partition coefficient (Wildman–Crippen LogP) is 7.66. The van der Waals surface area contributed by atoms with Gasteiger partial charge in [0.2, 0.25) is 0 Å². The molecule has 0 radical (unpaired) electrons. The van der Waals surface area contributed by atoms with Crippen LogP contribution in [0.3, 0.4) is 0 Å². The maximum Gasteiger partial charge on any atom is 0.131 e. The molecule has 150 valence electrons. The Labute approximate surface area is 170 Å². The molecule has 0 atom stereocenters. The molecule has 0 fully saturated rings. The molecule has 3 aromatic rings. The van der Waals surface area contributed by atoms with E-state index in [-0.39, 0.29) is 11.1 Å². The van der Waals surface area contributed by atoms with Crippen molar-refractivity contribution in [3.63, 3.8) is 0 Å². The summed E-state index contributed by atoms with van der Waals surface area (Å²) in [4.78, 5) is 0. The Morgan fingerprint density at radius 2 is 1.41 bits per heavy atom. The minimum atomic E-state index is -0.700. The van der Waals surface area contributed by atoms with Crippen LogP contribution in [0, 0.1) is 17.5 Å². The maximum atomic E-state index is 14.9. The molecule has 0 N–H and O–H groups in total. The molecule has 0 saturated heterocycles. The van der Waals surface area contributed by atoms with E-state index in [4.69, 9.17) is 0 Å². The van der Waals surface area contributed by atoms with Gasteiger partial charge in [-0.25, -0.2) is 13.2 Å². The van der Waals surface area contributed by atoms with Crippen molar-refractivity contribution < 1.29 is 13.2 Å². The summed E-state index contributed by atoms with van der Waals surface area (Å²) in [5.74, 6) is -1.85. The van der Waals surface area contributed by atoms with E-state index in [2.05, 4.69) is 25.1 Å². The van der Waals surface area contributed by atoms with Crippen molar-refractivity contribution in [2.75, 3.05) is 0 Å². The number of hydrogen-bond acceptors (Lipinski definition) is 0. The molecule has 0 heterocycles. The second-order valence-corrected chi connectivity index (χ2v) is 7.95. The van der Waals surface area contributed by atoms with Crippen molar-refractivity contribution in [3.8, 4) is 22.3 Å². The first kappa shape index (κ1) is 19.8. The smallest absolute Gasteiger partial charge is 0.131 e. The Morgan fingerprint density at radius 1 is 0.690 bits per heavy atom.